The van der Waals surface area contributed by atoms with Crippen molar-refractivity contribution in [1.29, 1.82) is 0 Å². The van der Waals surface area contributed by atoms with Crippen molar-refractivity contribution in [2.24, 2.45) is 0 Å². The molecule has 0 spiro atoms. The molecule has 7 heteroatoms. The Morgan fingerprint density at radius 1 is 1.19 bits per heavy atom. The number of furan rings is 1. The minimum absolute atomic E-state index is 0.0837. The number of Topliss-reactive ketones (excluding diaryl/α,β-unsaturated/α-hetero) is 1. The largest absolute Gasteiger partial charge is 0.478 e. The molecular formula is C19H11ClO5S. The van der Waals surface area contributed by atoms with E-state index in [1.807, 2.05) is 0 Å². The first kappa shape index (κ1) is 16.6. The lowest BCUT2D eigenvalue weighted by molar-refractivity contribution is 0.0924. The molecule has 0 saturated heterocycles. The van der Waals surface area contributed by atoms with Gasteiger partial charge in [-0.05, 0) is 41.8 Å². The summed E-state index contributed by atoms with van der Waals surface area (Å²) in [6.07, 6.45) is 1.46. The molecule has 26 heavy (non-hydrogen) atoms. The standard InChI is InChI=1S/C19H11ClO5S/c20-11-5-6-14-12(9-11)17(22)19(18(25-14)15-3-1-7-23-15)24-10-13(21)16-4-2-8-26-16/h1-9H,10H2. The van der Waals surface area contributed by atoms with Gasteiger partial charge in [-0.15, -0.1) is 11.3 Å². The van der Waals surface area contributed by atoms with Crippen LogP contribution in [0.2, 0.25) is 5.02 Å². The highest BCUT2D eigenvalue weighted by Crippen LogP contribution is 2.32. The maximum atomic E-state index is 12.9. The van der Waals surface area contributed by atoms with Gasteiger partial charge in [0.1, 0.15) is 5.58 Å². The monoisotopic (exact) mass is 386 g/mol. The van der Waals surface area contributed by atoms with Gasteiger partial charge >= 0.3 is 0 Å². The predicted molar refractivity (Wildman–Crippen MR) is 99.3 cm³/mol. The second-order valence-corrected chi connectivity index (χ2v) is 6.78. The molecular weight excluding hydrogens is 376 g/mol. The molecule has 0 aliphatic heterocycles. The molecule has 0 amide bonds. The minimum Gasteiger partial charge on any atom is -0.478 e. The first-order valence-electron chi connectivity index (χ1n) is 7.63. The normalized spacial score (nSPS) is 11.0. The highest BCUT2D eigenvalue weighted by molar-refractivity contribution is 7.12. The van der Waals surface area contributed by atoms with Crippen LogP contribution in [0.25, 0.3) is 22.5 Å². The van der Waals surface area contributed by atoms with E-state index < -0.39 is 5.43 Å². The SMILES string of the molecule is O=C(COc1c(-c2ccco2)oc2ccc(Cl)cc2c1=O)c1cccs1. The Morgan fingerprint density at radius 3 is 2.81 bits per heavy atom. The number of ether oxygens (including phenoxy) is 1. The lowest BCUT2D eigenvalue weighted by atomic mass is 10.2. The smallest absolute Gasteiger partial charge is 0.235 e. The van der Waals surface area contributed by atoms with Gasteiger partial charge in [-0.1, -0.05) is 17.7 Å². The number of thiophene rings is 1. The van der Waals surface area contributed by atoms with Crippen LogP contribution in [0.5, 0.6) is 5.75 Å². The first-order chi connectivity index (χ1) is 12.6. The van der Waals surface area contributed by atoms with Crippen LogP contribution >= 0.6 is 22.9 Å². The number of fused-ring (bicyclic) bond motifs is 1. The quantitative estimate of drug-likeness (QED) is 0.450. The Morgan fingerprint density at radius 2 is 2.08 bits per heavy atom. The molecule has 130 valence electrons. The summed E-state index contributed by atoms with van der Waals surface area (Å²) in [6.45, 7) is -0.287. The molecule has 0 radical (unpaired) electrons. The summed E-state index contributed by atoms with van der Waals surface area (Å²) in [5.41, 5.74) is -0.0677. The van der Waals surface area contributed by atoms with Gasteiger partial charge in [-0.2, -0.15) is 0 Å². The Balaban J connectivity index is 1.80. The molecule has 1 aromatic carbocycles. The average molecular weight is 387 g/mol. The molecule has 3 aromatic heterocycles. The van der Waals surface area contributed by atoms with E-state index in [0.29, 0.717) is 21.2 Å². The predicted octanol–water partition coefficient (Wildman–Crippen LogP) is 5.03. The molecule has 0 aliphatic rings. The van der Waals surface area contributed by atoms with E-state index in [4.69, 9.17) is 25.2 Å². The molecule has 5 nitrogen and oxygen atoms in total. The number of rotatable bonds is 5. The fraction of sp³-hybridized carbons (Fsp3) is 0.0526. The Kier molecular flexibility index (Phi) is 4.36. The van der Waals surface area contributed by atoms with Crippen molar-refractivity contribution in [2.75, 3.05) is 6.61 Å². The highest BCUT2D eigenvalue weighted by atomic mass is 35.5. The summed E-state index contributed by atoms with van der Waals surface area (Å²) < 4.78 is 16.7. The fourth-order valence-corrected chi connectivity index (χ4v) is 3.32. The molecule has 0 aliphatic carbocycles. The van der Waals surface area contributed by atoms with Gasteiger partial charge in [0.05, 0.1) is 16.5 Å². The maximum Gasteiger partial charge on any atom is 0.235 e. The second-order valence-electron chi connectivity index (χ2n) is 5.40. The van der Waals surface area contributed by atoms with Crippen molar-refractivity contribution in [2.45, 2.75) is 0 Å². The number of hydrogen-bond donors (Lipinski definition) is 0. The summed E-state index contributed by atoms with van der Waals surface area (Å²) >= 11 is 7.29. The lowest BCUT2D eigenvalue weighted by Crippen LogP contribution is -2.16. The summed E-state index contributed by atoms with van der Waals surface area (Å²) in [5.74, 6) is 0.155. The van der Waals surface area contributed by atoms with Crippen LogP contribution in [-0.2, 0) is 0 Å². The molecule has 0 atom stereocenters. The van der Waals surface area contributed by atoms with Gasteiger partial charge in [0, 0.05) is 5.02 Å². The van der Waals surface area contributed by atoms with Gasteiger partial charge in [0.15, 0.2) is 12.4 Å². The lowest BCUT2D eigenvalue weighted by Gasteiger charge is -2.09. The zero-order valence-electron chi connectivity index (χ0n) is 13.2. The topological polar surface area (TPSA) is 69.7 Å². The fourth-order valence-electron chi connectivity index (χ4n) is 2.50. The Bertz CT molecular complexity index is 1130. The van der Waals surface area contributed by atoms with Crippen LogP contribution in [0.1, 0.15) is 9.67 Å². The number of benzene rings is 1. The summed E-state index contributed by atoms with van der Waals surface area (Å²) in [4.78, 5) is 25.7. The van der Waals surface area contributed by atoms with Crippen molar-refractivity contribution >= 4 is 39.7 Å². The highest BCUT2D eigenvalue weighted by Gasteiger charge is 2.21. The van der Waals surface area contributed by atoms with Crippen molar-refractivity contribution in [3.05, 3.63) is 74.2 Å². The van der Waals surface area contributed by atoms with Gasteiger partial charge in [0.25, 0.3) is 0 Å². The van der Waals surface area contributed by atoms with Crippen LogP contribution in [0.4, 0.5) is 0 Å². The van der Waals surface area contributed by atoms with Gasteiger partial charge in [-0.25, -0.2) is 0 Å². The molecule has 0 unspecified atom stereocenters. The van der Waals surface area contributed by atoms with Gasteiger partial charge in [0.2, 0.25) is 22.7 Å². The zero-order chi connectivity index (χ0) is 18.1. The Labute approximate surface area is 156 Å². The van der Waals surface area contributed by atoms with Gasteiger partial charge in [-0.3, -0.25) is 9.59 Å². The zero-order valence-corrected chi connectivity index (χ0v) is 14.8. The third-order valence-corrected chi connectivity index (χ3v) is 4.85. The molecule has 0 N–H and O–H groups in total. The van der Waals surface area contributed by atoms with Crippen molar-refractivity contribution in [3.8, 4) is 17.3 Å². The van der Waals surface area contributed by atoms with Crippen LogP contribution in [0.3, 0.4) is 0 Å². The van der Waals surface area contributed by atoms with Crippen molar-refractivity contribution in [3.63, 3.8) is 0 Å². The molecule has 0 saturated carbocycles. The van der Waals surface area contributed by atoms with E-state index in [9.17, 15) is 9.59 Å². The maximum absolute atomic E-state index is 12.9. The van der Waals surface area contributed by atoms with E-state index in [2.05, 4.69) is 0 Å². The van der Waals surface area contributed by atoms with E-state index in [1.54, 1.807) is 41.8 Å². The van der Waals surface area contributed by atoms with E-state index in [-0.39, 0.29) is 29.3 Å². The van der Waals surface area contributed by atoms with E-state index in [0.717, 1.165) is 0 Å². The molecule has 3 heterocycles. The van der Waals surface area contributed by atoms with Crippen LogP contribution in [0.15, 0.2) is 67.7 Å². The third kappa shape index (κ3) is 3.05. The summed E-state index contributed by atoms with van der Waals surface area (Å²) in [7, 11) is 0. The van der Waals surface area contributed by atoms with E-state index >= 15 is 0 Å². The van der Waals surface area contributed by atoms with Crippen LogP contribution in [-0.4, -0.2) is 12.4 Å². The van der Waals surface area contributed by atoms with Crippen LogP contribution in [0, 0.1) is 0 Å². The molecule has 0 bridgehead atoms. The number of halogens is 1. The third-order valence-electron chi connectivity index (χ3n) is 3.70. The minimum atomic E-state index is -0.417. The summed E-state index contributed by atoms with van der Waals surface area (Å²) in [5, 5.41) is 2.47. The number of carbonyl (C=O) groups excluding carboxylic acids is 1. The van der Waals surface area contributed by atoms with Crippen molar-refractivity contribution in [1.82, 2.24) is 0 Å². The van der Waals surface area contributed by atoms with Gasteiger partial charge < -0.3 is 13.6 Å². The van der Waals surface area contributed by atoms with Crippen molar-refractivity contribution < 1.29 is 18.4 Å². The molecule has 4 rings (SSSR count). The number of hydrogen-bond acceptors (Lipinski definition) is 6. The van der Waals surface area contributed by atoms with E-state index in [1.165, 1.54) is 23.7 Å². The Hall–Kier alpha value is -2.83. The average Bonchev–Trinajstić information content (AvgIpc) is 3.34. The summed E-state index contributed by atoms with van der Waals surface area (Å²) in [6, 6.07) is 11.5. The number of ketones is 1. The number of carbonyl (C=O) groups is 1. The second kappa shape index (κ2) is 6.82. The molecule has 0 fully saturated rings. The van der Waals surface area contributed by atoms with Crippen LogP contribution < -0.4 is 10.2 Å². The first-order valence-corrected chi connectivity index (χ1v) is 8.89. The molecule has 4 aromatic rings.